The fourth-order valence-electron chi connectivity index (χ4n) is 4.06. The van der Waals surface area contributed by atoms with Gasteiger partial charge in [-0.05, 0) is 29.1 Å². The topological polar surface area (TPSA) is 81.3 Å². The molecule has 0 saturated carbocycles. The van der Waals surface area contributed by atoms with Gasteiger partial charge in [0.15, 0.2) is 5.82 Å². The summed E-state index contributed by atoms with van der Waals surface area (Å²) >= 11 is 5.82. The van der Waals surface area contributed by atoms with Crippen molar-refractivity contribution >= 4 is 73.3 Å². The second-order valence-electron chi connectivity index (χ2n) is 8.53. The zero-order valence-corrected chi connectivity index (χ0v) is 19.6. The number of hydrogen-bond acceptors (Lipinski definition) is 5. The van der Waals surface area contributed by atoms with E-state index in [2.05, 4.69) is 15.3 Å². The highest BCUT2D eigenvalue weighted by Gasteiger charge is 2.34. The van der Waals surface area contributed by atoms with Gasteiger partial charge in [-0.3, -0.25) is 9.59 Å². The highest BCUT2D eigenvalue weighted by molar-refractivity contribution is 6.60. The first-order valence-electron chi connectivity index (χ1n) is 10.7. The van der Waals surface area contributed by atoms with E-state index < -0.39 is 33.8 Å². The van der Waals surface area contributed by atoms with Crippen LogP contribution in [0, 0.1) is 11.8 Å². The molecule has 1 aliphatic rings. The number of carbonyl (C=O) groups excluding carboxylic acids is 1. The first kappa shape index (κ1) is 26.4. The van der Waals surface area contributed by atoms with Gasteiger partial charge in [-0.1, -0.05) is 29.0 Å². The molecule has 10 radical (unpaired) electrons. The van der Waals surface area contributed by atoms with Gasteiger partial charge < -0.3 is 20.1 Å². The molecule has 7 nitrogen and oxygen atoms in total. The number of halogens is 3. The van der Waals surface area contributed by atoms with Gasteiger partial charge in [-0.15, -0.1) is 0 Å². The standard InChI is InChI=1S/C21H15B5ClF2N5O2/c22-20(23,11-2-1-10-9-12(27)18(35)31-16(10)15(11)28)34-7-5-33(6-8-34)14-4-3-13(30-17(14)29)19(36)32-21(24,25)26/h1-4,9H,5-8H2,(H,31,35)(H,32,36). The molecule has 3 aromatic rings. The molecule has 2 aromatic heterocycles. The lowest BCUT2D eigenvalue weighted by atomic mass is 9.49. The molecule has 1 saturated heterocycles. The van der Waals surface area contributed by atoms with Crippen LogP contribution in [0.15, 0.2) is 35.1 Å². The van der Waals surface area contributed by atoms with Gasteiger partial charge in [0, 0.05) is 31.6 Å². The van der Waals surface area contributed by atoms with E-state index in [1.165, 1.54) is 24.3 Å². The van der Waals surface area contributed by atoms with Crippen molar-refractivity contribution in [1.82, 2.24) is 20.2 Å². The molecule has 172 valence electrons. The molecule has 1 fully saturated rings. The van der Waals surface area contributed by atoms with Gasteiger partial charge in [0.2, 0.25) is 5.95 Å². The van der Waals surface area contributed by atoms with E-state index in [0.717, 1.165) is 0 Å². The third kappa shape index (κ3) is 5.20. The van der Waals surface area contributed by atoms with Gasteiger partial charge >= 0.3 is 0 Å². The Labute approximate surface area is 217 Å². The van der Waals surface area contributed by atoms with Crippen LogP contribution in [0.25, 0.3) is 10.9 Å². The molecule has 1 aliphatic heterocycles. The monoisotopic (exact) mass is 497 g/mol. The van der Waals surface area contributed by atoms with E-state index in [0.29, 0.717) is 5.39 Å². The highest BCUT2D eigenvalue weighted by Crippen LogP contribution is 2.31. The van der Waals surface area contributed by atoms with Crippen molar-refractivity contribution in [2.45, 2.75) is 10.6 Å². The zero-order chi connectivity index (χ0) is 26.4. The molecule has 1 amide bonds. The number of hydrogen-bond donors (Lipinski definition) is 2. The molecule has 0 atom stereocenters. The number of amides is 1. The number of rotatable bonds is 5. The summed E-state index contributed by atoms with van der Waals surface area (Å²) in [5.74, 6) is -2.49. The van der Waals surface area contributed by atoms with E-state index in [9.17, 15) is 14.0 Å². The molecule has 3 heterocycles. The lowest BCUT2D eigenvalue weighted by Crippen LogP contribution is -2.57. The van der Waals surface area contributed by atoms with E-state index in [1.54, 1.807) is 15.9 Å². The van der Waals surface area contributed by atoms with Crippen molar-refractivity contribution in [3.05, 3.63) is 68.7 Å². The molecular weight excluding hydrogens is 482 g/mol. The van der Waals surface area contributed by atoms with Crippen LogP contribution in [0.3, 0.4) is 0 Å². The van der Waals surface area contributed by atoms with Gasteiger partial charge in [0.1, 0.15) is 10.7 Å². The summed E-state index contributed by atoms with van der Waals surface area (Å²) < 4.78 is 30.0. The predicted octanol–water partition coefficient (Wildman–Crippen LogP) is -0.0292. The molecule has 15 heteroatoms. The third-order valence-corrected chi connectivity index (χ3v) is 6.16. The quantitative estimate of drug-likeness (QED) is 0.383. The average molecular weight is 497 g/mol. The Hall–Kier alpha value is -2.72. The maximum atomic E-state index is 15.3. The summed E-state index contributed by atoms with van der Waals surface area (Å²) in [6.45, 7) is 1.05. The molecule has 0 bridgehead atoms. The Morgan fingerprint density at radius 1 is 1.06 bits per heavy atom. The number of piperazine rings is 1. The number of anilines is 1. The number of nitrogens with one attached hydrogen (secondary N) is 2. The van der Waals surface area contributed by atoms with Crippen molar-refractivity contribution in [1.29, 1.82) is 0 Å². The van der Waals surface area contributed by atoms with Crippen LogP contribution in [-0.4, -0.2) is 91.4 Å². The normalized spacial score (nSPS) is 15.2. The van der Waals surface area contributed by atoms with Crippen LogP contribution in [-0.2, 0) is 5.34 Å². The molecule has 1 aromatic carbocycles. The predicted molar refractivity (Wildman–Crippen MR) is 138 cm³/mol. The molecule has 0 aliphatic carbocycles. The smallest absolute Gasteiger partial charge is 0.268 e. The summed E-state index contributed by atoms with van der Waals surface area (Å²) in [5.41, 5.74) is -0.831. The first-order chi connectivity index (χ1) is 16.8. The van der Waals surface area contributed by atoms with Crippen molar-refractivity contribution in [2.75, 3.05) is 31.1 Å². The number of carbonyl (C=O) groups is 1. The Morgan fingerprint density at radius 2 is 1.72 bits per heavy atom. The van der Waals surface area contributed by atoms with E-state index in [4.69, 9.17) is 50.8 Å². The largest absolute Gasteiger partial charge is 0.371 e. The molecule has 4 rings (SSSR count). The first-order valence-corrected chi connectivity index (χ1v) is 11.1. The van der Waals surface area contributed by atoms with Crippen molar-refractivity contribution in [3.8, 4) is 0 Å². The van der Waals surface area contributed by atoms with E-state index >= 15 is 4.39 Å². The van der Waals surface area contributed by atoms with Gasteiger partial charge in [0.25, 0.3) is 11.5 Å². The number of aromatic nitrogens is 2. The number of H-pyrrole nitrogens is 1. The number of fused-ring (bicyclic) bond motifs is 1. The number of benzene rings is 1. The summed E-state index contributed by atoms with van der Waals surface area (Å²) in [6.07, 6.45) is 0. The minimum atomic E-state index is -1.98. The van der Waals surface area contributed by atoms with Gasteiger partial charge in [-0.25, -0.2) is 9.37 Å². The van der Waals surface area contributed by atoms with Crippen molar-refractivity contribution in [3.63, 3.8) is 0 Å². The van der Waals surface area contributed by atoms with E-state index in [1.807, 2.05) is 0 Å². The lowest BCUT2D eigenvalue weighted by molar-refractivity contribution is 0.0946. The Morgan fingerprint density at radius 3 is 2.33 bits per heavy atom. The van der Waals surface area contributed by atoms with E-state index in [-0.39, 0.29) is 53.7 Å². The summed E-state index contributed by atoms with van der Waals surface area (Å²) in [6, 6.07) is 7.04. The van der Waals surface area contributed by atoms with Crippen LogP contribution in [0.1, 0.15) is 16.1 Å². The molecular formula is C21H15B5ClF2N5O2. The zero-order valence-electron chi connectivity index (χ0n) is 18.9. The molecule has 2 N–H and O–H groups in total. The summed E-state index contributed by atoms with van der Waals surface area (Å²) in [7, 11) is 28.7. The number of aromatic amines is 1. The third-order valence-electron chi connectivity index (χ3n) is 5.88. The van der Waals surface area contributed by atoms with Crippen LogP contribution in [0.2, 0.25) is 5.02 Å². The van der Waals surface area contributed by atoms with Gasteiger partial charge in [-0.2, -0.15) is 4.39 Å². The maximum Gasteiger partial charge on any atom is 0.268 e. The van der Waals surface area contributed by atoms with Gasteiger partial charge in [0.05, 0.1) is 50.4 Å². The van der Waals surface area contributed by atoms with Crippen LogP contribution < -0.4 is 15.8 Å². The van der Waals surface area contributed by atoms with Crippen LogP contribution in [0.4, 0.5) is 14.5 Å². The Balaban J connectivity index is 1.50. The fraction of sp³-hybridized carbons (Fsp3) is 0.286. The number of nitrogens with zero attached hydrogens (tertiary/aromatic N) is 3. The highest BCUT2D eigenvalue weighted by atomic mass is 35.5. The second-order valence-corrected chi connectivity index (χ2v) is 8.94. The van der Waals surface area contributed by atoms with Crippen molar-refractivity contribution in [2.24, 2.45) is 0 Å². The number of pyridine rings is 2. The van der Waals surface area contributed by atoms with Crippen LogP contribution in [0.5, 0.6) is 0 Å². The Kier molecular flexibility index (Phi) is 7.05. The Bertz CT molecular complexity index is 1390. The molecule has 36 heavy (non-hydrogen) atoms. The lowest BCUT2D eigenvalue weighted by Gasteiger charge is -2.46. The summed E-state index contributed by atoms with van der Waals surface area (Å²) in [4.78, 5) is 33.3. The van der Waals surface area contributed by atoms with Crippen LogP contribution >= 0.6 is 11.6 Å². The molecule has 0 unspecified atom stereocenters. The fourth-order valence-corrected chi connectivity index (χ4v) is 4.23. The SMILES string of the molecule is [B]C([B])([B])NC(=O)c1ccc(N2CCN(C([B])([B])c3ccc4cc(Cl)c(=O)[nH]c4c3F)CC2)c(F)n1. The average Bonchev–Trinajstić information content (AvgIpc) is 2.79. The van der Waals surface area contributed by atoms with Crippen molar-refractivity contribution < 1.29 is 13.6 Å². The summed E-state index contributed by atoms with van der Waals surface area (Å²) in [5, 5.41) is -1.30. The molecule has 0 spiro atoms. The second kappa shape index (κ2) is 9.63. The minimum absolute atomic E-state index is 0.0274. The minimum Gasteiger partial charge on any atom is -0.371 e. The maximum absolute atomic E-state index is 15.3.